The van der Waals surface area contributed by atoms with Crippen molar-refractivity contribution in [2.45, 2.75) is 22.8 Å². The molecule has 0 fully saturated rings. The Hall–Kier alpha value is 0.120. The van der Waals surface area contributed by atoms with Gasteiger partial charge in [-0.2, -0.15) is 26.3 Å². The van der Waals surface area contributed by atoms with Crippen molar-refractivity contribution in [2.75, 3.05) is 0 Å². The molecule has 0 spiro atoms. The third kappa shape index (κ3) is 2.13. The maximum absolute atomic E-state index is 12.2. The quantitative estimate of drug-likeness (QED) is 0.590. The van der Waals surface area contributed by atoms with E-state index >= 15 is 0 Å². The second-order valence-corrected chi connectivity index (χ2v) is 3.14. The Kier molecular flexibility index (Phi) is 3.39. The summed E-state index contributed by atoms with van der Waals surface area (Å²) in [6.07, 6.45) is -6.17. The van der Waals surface area contributed by atoms with Crippen molar-refractivity contribution in [3.8, 4) is 0 Å². The molecular formula is C4H2Cl2F6O. The summed E-state index contributed by atoms with van der Waals surface area (Å²) in [5, 5.41) is 7.84. The van der Waals surface area contributed by atoms with Gasteiger partial charge in [-0.05, 0) is 0 Å². The molecule has 1 nitrogen and oxygen atoms in total. The molecule has 0 amide bonds. The normalized spacial score (nSPS) is 18.9. The van der Waals surface area contributed by atoms with Crippen molar-refractivity contribution < 1.29 is 31.4 Å². The monoisotopic (exact) mass is 250 g/mol. The largest absolute Gasteiger partial charge is 0.454 e. The fraction of sp³-hybridized carbons (Fsp3) is 1.00. The van der Waals surface area contributed by atoms with Gasteiger partial charge in [0.1, 0.15) is 0 Å². The van der Waals surface area contributed by atoms with Gasteiger partial charge in [-0.15, -0.1) is 0 Å². The van der Waals surface area contributed by atoms with Gasteiger partial charge < -0.3 is 5.11 Å². The molecule has 0 aromatic rings. The van der Waals surface area contributed by atoms with Crippen LogP contribution < -0.4 is 0 Å². The summed E-state index contributed by atoms with van der Waals surface area (Å²) >= 11 is 8.75. The molecule has 1 unspecified atom stereocenters. The molecule has 0 aliphatic carbocycles. The molecule has 1 N–H and O–H groups in total. The molecule has 0 saturated carbocycles. The van der Waals surface area contributed by atoms with Gasteiger partial charge in [0.05, 0.1) is 0 Å². The predicted octanol–water partition coefficient (Wildman–Crippen LogP) is 2.65. The molecule has 0 rings (SSSR count). The topological polar surface area (TPSA) is 20.2 Å². The molecule has 9 heteroatoms. The van der Waals surface area contributed by atoms with Crippen LogP contribution in [0.15, 0.2) is 0 Å². The molecule has 13 heavy (non-hydrogen) atoms. The van der Waals surface area contributed by atoms with E-state index in [2.05, 4.69) is 23.2 Å². The lowest BCUT2D eigenvalue weighted by Gasteiger charge is -2.30. The summed E-state index contributed by atoms with van der Waals surface area (Å²) in [4.78, 5) is -3.01. The summed E-state index contributed by atoms with van der Waals surface area (Å²) in [5.41, 5.74) is 0. The molecule has 0 saturated heterocycles. The predicted molar refractivity (Wildman–Crippen MR) is 32.6 cm³/mol. The fourth-order valence-corrected chi connectivity index (χ4v) is 0.623. The third-order valence-electron chi connectivity index (χ3n) is 1.09. The maximum atomic E-state index is 12.2. The van der Waals surface area contributed by atoms with Gasteiger partial charge in [-0.25, -0.2) is 0 Å². The van der Waals surface area contributed by atoms with Crippen molar-refractivity contribution in [3.63, 3.8) is 0 Å². The van der Waals surface area contributed by atoms with Gasteiger partial charge >= 0.3 is 18.0 Å². The molecule has 0 aromatic carbocycles. The Morgan fingerprint density at radius 3 is 1.31 bits per heavy atom. The van der Waals surface area contributed by atoms with Crippen molar-refractivity contribution in [1.29, 1.82) is 0 Å². The molecular weight excluding hydrogens is 249 g/mol. The van der Waals surface area contributed by atoms with Crippen molar-refractivity contribution in [2.24, 2.45) is 0 Å². The highest BCUT2D eigenvalue weighted by atomic mass is 35.5. The van der Waals surface area contributed by atoms with Gasteiger partial charge in [-0.3, -0.25) is 0 Å². The average molecular weight is 251 g/mol. The Balaban J connectivity index is 5.04. The highest BCUT2D eigenvalue weighted by Gasteiger charge is 2.73. The number of hydrogen-bond acceptors (Lipinski definition) is 1. The van der Waals surface area contributed by atoms with E-state index in [4.69, 9.17) is 5.11 Å². The number of hydrogen-bond donors (Lipinski definition) is 1. The average Bonchev–Trinajstić information content (AvgIpc) is 1.84. The van der Waals surface area contributed by atoms with Crippen LogP contribution in [0.3, 0.4) is 0 Å². The first-order chi connectivity index (χ1) is 5.44. The van der Waals surface area contributed by atoms with Gasteiger partial charge in [0.15, 0.2) is 4.84 Å². The Morgan fingerprint density at radius 1 is 0.923 bits per heavy atom. The fourth-order valence-electron chi connectivity index (χ4n) is 0.334. The Bertz CT molecular complexity index is 188. The number of aliphatic hydroxyl groups is 1. The summed E-state index contributed by atoms with van der Waals surface area (Å²) in [6, 6.07) is 0. The van der Waals surface area contributed by atoms with E-state index in [-0.39, 0.29) is 0 Å². The first kappa shape index (κ1) is 13.1. The maximum Gasteiger partial charge on any atom is 0.454 e. The van der Waals surface area contributed by atoms with Crippen LogP contribution in [0.25, 0.3) is 0 Å². The van der Waals surface area contributed by atoms with Crippen LogP contribution in [-0.2, 0) is 0 Å². The van der Waals surface area contributed by atoms with E-state index in [0.717, 1.165) is 0 Å². The number of rotatable bonds is 2. The molecule has 0 aliphatic heterocycles. The zero-order valence-electron chi connectivity index (χ0n) is 5.55. The smallest absolute Gasteiger partial charge is 0.350 e. The third-order valence-corrected chi connectivity index (χ3v) is 1.64. The first-order valence-electron chi connectivity index (χ1n) is 2.58. The molecule has 0 radical (unpaired) electrons. The van der Waals surface area contributed by atoms with Crippen LogP contribution in [0.5, 0.6) is 0 Å². The Labute approximate surface area is 78.2 Å². The standard InChI is InChI=1S/C4H2Cl2F6O/c5-1(6)2(7,8)3(9,13)4(10,11)12/h1,13H. The molecule has 0 heterocycles. The SMILES string of the molecule is OC(F)(C(F)(F)F)C(F)(F)C(Cl)Cl. The van der Waals surface area contributed by atoms with E-state index in [1.807, 2.05) is 0 Å². The zero-order chi connectivity index (χ0) is 11.1. The highest BCUT2D eigenvalue weighted by Crippen LogP contribution is 2.47. The van der Waals surface area contributed by atoms with Gasteiger partial charge in [0, 0.05) is 0 Å². The summed E-state index contributed by atoms with van der Waals surface area (Å²) in [5.74, 6) is -11.1. The van der Waals surface area contributed by atoms with E-state index < -0.39 is 22.8 Å². The van der Waals surface area contributed by atoms with Crippen LogP contribution in [-0.4, -0.2) is 27.9 Å². The summed E-state index contributed by atoms with van der Waals surface area (Å²) in [7, 11) is 0. The molecule has 0 aromatic heterocycles. The number of halogens is 8. The second kappa shape index (κ2) is 3.36. The lowest BCUT2D eigenvalue weighted by Crippen LogP contribution is -2.58. The van der Waals surface area contributed by atoms with Crippen molar-refractivity contribution >= 4 is 23.2 Å². The van der Waals surface area contributed by atoms with Gasteiger partial charge in [-0.1, -0.05) is 23.2 Å². The van der Waals surface area contributed by atoms with Crippen LogP contribution in [0.1, 0.15) is 0 Å². The molecule has 80 valence electrons. The van der Waals surface area contributed by atoms with Crippen LogP contribution in [0.2, 0.25) is 0 Å². The highest BCUT2D eigenvalue weighted by molar-refractivity contribution is 6.45. The summed E-state index contributed by atoms with van der Waals surface area (Å²) in [6.45, 7) is 0. The number of alkyl halides is 8. The van der Waals surface area contributed by atoms with E-state index in [1.54, 1.807) is 0 Å². The van der Waals surface area contributed by atoms with Crippen molar-refractivity contribution in [3.05, 3.63) is 0 Å². The minimum Gasteiger partial charge on any atom is -0.350 e. The van der Waals surface area contributed by atoms with E-state index in [0.29, 0.717) is 0 Å². The lowest BCUT2D eigenvalue weighted by atomic mass is 10.1. The minimum absolute atomic E-state index is 3.01. The molecule has 0 bridgehead atoms. The van der Waals surface area contributed by atoms with Crippen LogP contribution in [0, 0.1) is 0 Å². The van der Waals surface area contributed by atoms with E-state index in [1.165, 1.54) is 0 Å². The van der Waals surface area contributed by atoms with Crippen molar-refractivity contribution in [1.82, 2.24) is 0 Å². The molecule has 0 aliphatic rings. The first-order valence-corrected chi connectivity index (χ1v) is 3.46. The van der Waals surface area contributed by atoms with E-state index in [9.17, 15) is 26.3 Å². The second-order valence-electron chi connectivity index (χ2n) is 2.04. The molecule has 1 atom stereocenters. The van der Waals surface area contributed by atoms with Gasteiger partial charge in [0.25, 0.3) is 0 Å². The van der Waals surface area contributed by atoms with Gasteiger partial charge in [0.2, 0.25) is 0 Å². The Morgan fingerprint density at radius 2 is 1.23 bits per heavy atom. The van der Waals surface area contributed by atoms with Crippen LogP contribution in [0.4, 0.5) is 26.3 Å². The zero-order valence-corrected chi connectivity index (χ0v) is 7.06. The van der Waals surface area contributed by atoms with Crippen LogP contribution >= 0.6 is 23.2 Å². The minimum atomic E-state index is -6.17. The lowest BCUT2D eigenvalue weighted by molar-refractivity contribution is -0.382. The summed E-state index contributed by atoms with van der Waals surface area (Å²) < 4.78 is 71.0.